The van der Waals surface area contributed by atoms with Crippen molar-refractivity contribution in [1.82, 2.24) is 5.32 Å². The van der Waals surface area contributed by atoms with E-state index in [-0.39, 0.29) is 17.1 Å². The molecule has 21 heavy (non-hydrogen) atoms. The largest absolute Gasteiger partial charge is 0.494 e. The minimum absolute atomic E-state index is 0.0440. The predicted molar refractivity (Wildman–Crippen MR) is 84.5 cm³/mol. The first-order chi connectivity index (χ1) is 10.2. The highest BCUT2D eigenvalue weighted by molar-refractivity contribution is 8.00. The van der Waals surface area contributed by atoms with E-state index in [9.17, 15) is 4.39 Å². The number of hydrogen-bond acceptors (Lipinski definition) is 3. The molecule has 0 aliphatic carbocycles. The molecule has 110 valence electrons. The van der Waals surface area contributed by atoms with Crippen molar-refractivity contribution in [3.63, 3.8) is 0 Å². The van der Waals surface area contributed by atoms with Crippen LogP contribution < -0.4 is 10.1 Å². The van der Waals surface area contributed by atoms with Crippen LogP contribution in [-0.2, 0) is 6.42 Å². The maximum Gasteiger partial charge on any atom is 0.169 e. The third kappa shape index (κ3) is 2.65. The monoisotopic (exact) mass is 303 g/mol. The van der Waals surface area contributed by atoms with Crippen molar-refractivity contribution in [1.29, 1.82) is 0 Å². The van der Waals surface area contributed by atoms with Crippen LogP contribution in [0.3, 0.4) is 0 Å². The van der Waals surface area contributed by atoms with Crippen molar-refractivity contribution in [3.05, 3.63) is 59.4 Å². The molecule has 1 N–H and O–H groups in total. The number of methoxy groups -OCH3 is 1. The first-order valence-electron chi connectivity index (χ1n) is 6.99. The van der Waals surface area contributed by atoms with Crippen LogP contribution in [0.4, 0.5) is 4.39 Å². The zero-order chi connectivity index (χ0) is 14.8. The van der Waals surface area contributed by atoms with Gasteiger partial charge in [-0.25, -0.2) is 4.39 Å². The van der Waals surface area contributed by atoms with E-state index in [0.717, 1.165) is 6.42 Å². The number of ether oxygens (including phenoxy) is 1. The number of rotatable bonds is 4. The van der Waals surface area contributed by atoms with Crippen LogP contribution in [0.1, 0.15) is 17.2 Å². The average Bonchev–Trinajstić information content (AvgIpc) is 2.93. The summed E-state index contributed by atoms with van der Waals surface area (Å²) in [4.78, 5) is 1.30. The number of halogens is 1. The quantitative estimate of drug-likeness (QED) is 0.928. The Morgan fingerprint density at radius 1 is 1.24 bits per heavy atom. The number of nitrogens with one attached hydrogen (secondary N) is 1. The van der Waals surface area contributed by atoms with Gasteiger partial charge in [0.2, 0.25) is 0 Å². The summed E-state index contributed by atoms with van der Waals surface area (Å²) in [5.41, 5.74) is 2.01. The summed E-state index contributed by atoms with van der Waals surface area (Å²) in [5.74, 6) is 0.0316. The molecule has 0 amide bonds. The van der Waals surface area contributed by atoms with Crippen LogP contribution in [0, 0.1) is 5.82 Å². The zero-order valence-electron chi connectivity index (χ0n) is 12.1. The molecule has 2 atom stereocenters. The van der Waals surface area contributed by atoms with Gasteiger partial charge in [-0.3, -0.25) is 0 Å². The lowest BCUT2D eigenvalue weighted by Gasteiger charge is -2.23. The highest BCUT2D eigenvalue weighted by Crippen LogP contribution is 2.43. The summed E-state index contributed by atoms with van der Waals surface area (Å²) >= 11 is 1.82. The molecule has 2 aromatic carbocycles. The minimum Gasteiger partial charge on any atom is -0.494 e. The summed E-state index contributed by atoms with van der Waals surface area (Å²) in [6.07, 6.45) is 0.947. The summed E-state index contributed by atoms with van der Waals surface area (Å²) in [6, 6.07) is 13.7. The van der Waals surface area contributed by atoms with Crippen molar-refractivity contribution in [3.8, 4) is 5.75 Å². The Morgan fingerprint density at radius 2 is 2.05 bits per heavy atom. The van der Waals surface area contributed by atoms with Crippen molar-refractivity contribution in [2.45, 2.75) is 22.6 Å². The molecule has 0 fully saturated rings. The molecule has 2 aromatic rings. The van der Waals surface area contributed by atoms with Crippen LogP contribution in [0.25, 0.3) is 0 Å². The highest BCUT2D eigenvalue weighted by atomic mass is 32.2. The number of hydrogen-bond donors (Lipinski definition) is 1. The molecular weight excluding hydrogens is 285 g/mol. The van der Waals surface area contributed by atoms with E-state index >= 15 is 0 Å². The van der Waals surface area contributed by atoms with E-state index in [4.69, 9.17) is 4.74 Å². The fourth-order valence-electron chi connectivity index (χ4n) is 2.86. The van der Waals surface area contributed by atoms with Crippen molar-refractivity contribution in [2.75, 3.05) is 14.2 Å². The van der Waals surface area contributed by atoms with Gasteiger partial charge in [0, 0.05) is 21.8 Å². The van der Waals surface area contributed by atoms with E-state index in [1.807, 2.05) is 30.9 Å². The third-order valence-corrected chi connectivity index (χ3v) is 5.30. The molecule has 3 rings (SSSR count). The molecule has 1 heterocycles. The molecule has 0 bridgehead atoms. The van der Waals surface area contributed by atoms with Gasteiger partial charge in [-0.2, -0.15) is 0 Å². The molecule has 1 aliphatic heterocycles. The van der Waals surface area contributed by atoms with E-state index in [1.165, 1.54) is 17.6 Å². The second-order valence-electron chi connectivity index (χ2n) is 5.10. The number of benzene rings is 2. The van der Waals surface area contributed by atoms with Gasteiger partial charge < -0.3 is 10.1 Å². The van der Waals surface area contributed by atoms with Gasteiger partial charge in [0.05, 0.1) is 7.11 Å². The molecule has 4 heteroatoms. The average molecular weight is 303 g/mol. The molecule has 0 spiro atoms. The Kier molecular flexibility index (Phi) is 4.17. The zero-order valence-corrected chi connectivity index (χ0v) is 12.9. The smallest absolute Gasteiger partial charge is 0.169 e. The Morgan fingerprint density at radius 3 is 2.76 bits per heavy atom. The predicted octanol–water partition coefficient (Wildman–Crippen LogP) is 3.81. The normalized spacial score (nSPS) is 18.3. The lowest BCUT2D eigenvalue weighted by atomic mass is 9.98. The van der Waals surface area contributed by atoms with Crippen LogP contribution in [-0.4, -0.2) is 19.4 Å². The molecule has 1 aliphatic rings. The summed E-state index contributed by atoms with van der Waals surface area (Å²) in [6.45, 7) is 0. The van der Waals surface area contributed by atoms with Gasteiger partial charge in [-0.1, -0.05) is 30.3 Å². The molecule has 0 saturated heterocycles. The van der Waals surface area contributed by atoms with Gasteiger partial charge in [0.1, 0.15) is 0 Å². The highest BCUT2D eigenvalue weighted by Gasteiger charge is 2.31. The Labute approximate surface area is 128 Å². The second-order valence-corrected chi connectivity index (χ2v) is 6.38. The van der Waals surface area contributed by atoms with Crippen molar-refractivity contribution < 1.29 is 9.13 Å². The first-order valence-corrected chi connectivity index (χ1v) is 7.86. The lowest BCUT2D eigenvalue weighted by Crippen LogP contribution is -2.28. The summed E-state index contributed by atoms with van der Waals surface area (Å²) < 4.78 is 19.6. The second kappa shape index (κ2) is 6.08. The minimum atomic E-state index is -0.268. The van der Waals surface area contributed by atoms with E-state index in [2.05, 4.69) is 29.6 Å². The summed E-state index contributed by atoms with van der Waals surface area (Å²) in [5, 5.41) is 3.56. The van der Waals surface area contributed by atoms with Crippen LogP contribution in [0.2, 0.25) is 0 Å². The fourth-order valence-corrected chi connectivity index (χ4v) is 4.33. The summed E-state index contributed by atoms with van der Waals surface area (Å²) in [7, 11) is 3.38. The van der Waals surface area contributed by atoms with Gasteiger partial charge >= 0.3 is 0 Å². The van der Waals surface area contributed by atoms with E-state index < -0.39 is 0 Å². The fraction of sp³-hybridized carbons (Fsp3) is 0.294. The lowest BCUT2D eigenvalue weighted by molar-refractivity contribution is 0.380. The maximum atomic E-state index is 14.5. The van der Waals surface area contributed by atoms with E-state index in [1.54, 1.807) is 6.07 Å². The molecule has 2 nitrogen and oxygen atoms in total. The van der Waals surface area contributed by atoms with Crippen molar-refractivity contribution >= 4 is 11.8 Å². The van der Waals surface area contributed by atoms with Crippen LogP contribution in [0.15, 0.2) is 47.4 Å². The Balaban J connectivity index is 1.91. The first kappa shape index (κ1) is 14.4. The van der Waals surface area contributed by atoms with Gasteiger partial charge in [0.15, 0.2) is 11.6 Å². The SMILES string of the molecule is CNC(c1cccc(OC)c1F)C1Cc2ccccc2S1. The van der Waals surface area contributed by atoms with Gasteiger partial charge in [-0.15, -0.1) is 11.8 Å². The molecule has 0 aromatic heterocycles. The van der Waals surface area contributed by atoms with Crippen LogP contribution in [0.5, 0.6) is 5.75 Å². The standard InChI is InChI=1S/C17H18FNOS/c1-19-17(12-7-5-8-13(20-2)16(12)18)15-10-11-6-3-4-9-14(11)21-15/h3-9,15,17,19H,10H2,1-2H3. The molecule has 2 unspecified atom stereocenters. The Bertz CT molecular complexity index is 621. The molecule has 0 radical (unpaired) electrons. The van der Waals surface area contributed by atoms with Gasteiger partial charge in [0.25, 0.3) is 0 Å². The molecule has 0 saturated carbocycles. The van der Waals surface area contributed by atoms with Crippen LogP contribution >= 0.6 is 11.8 Å². The van der Waals surface area contributed by atoms with E-state index in [0.29, 0.717) is 11.3 Å². The Hall–Kier alpha value is -1.52. The number of thioether (sulfide) groups is 1. The topological polar surface area (TPSA) is 21.3 Å². The number of fused-ring (bicyclic) bond motifs is 1. The molecular formula is C17H18FNOS. The third-order valence-electron chi connectivity index (χ3n) is 3.90. The van der Waals surface area contributed by atoms with Gasteiger partial charge in [-0.05, 0) is 31.2 Å². The maximum absolute atomic E-state index is 14.5. The van der Waals surface area contributed by atoms with Crippen molar-refractivity contribution in [2.24, 2.45) is 0 Å².